The third kappa shape index (κ3) is 9.22. The zero-order chi connectivity index (χ0) is 22.6. The Bertz CT molecular complexity index is 672. The lowest BCUT2D eigenvalue weighted by molar-refractivity contribution is 0.136. The molecule has 0 spiro atoms. The van der Waals surface area contributed by atoms with Crippen molar-refractivity contribution in [2.45, 2.75) is 38.6 Å². The van der Waals surface area contributed by atoms with E-state index < -0.39 is 0 Å². The van der Waals surface area contributed by atoms with Gasteiger partial charge in [-0.1, -0.05) is 19.1 Å². The second-order valence-corrected chi connectivity index (χ2v) is 8.89. The van der Waals surface area contributed by atoms with Gasteiger partial charge in [0, 0.05) is 46.3 Å². The highest BCUT2D eigenvalue weighted by molar-refractivity contribution is 14.0. The van der Waals surface area contributed by atoms with Crippen LogP contribution in [0.5, 0.6) is 5.75 Å². The third-order valence-corrected chi connectivity index (χ3v) is 6.87. The lowest BCUT2D eigenvalue weighted by Gasteiger charge is -2.34. The van der Waals surface area contributed by atoms with Gasteiger partial charge in [-0.25, -0.2) is 0 Å². The number of halogens is 1. The highest BCUT2D eigenvalue weighted by Crippen LogP contribution is 2.26. The molecule has 2 heterocycles. The quantitative estimate of drug-likeness (QED) is 0.184. The van der Waals surface area contributed by atoms with E-state index in [1.807, 2.05) is 7.05 Å². The van der Waals surface area contributed by atoms with Gasteiger partial charge in [-0.15, -0.1) is 24.0 Å². The Morgan fingerprint density at radius 2 is 1.64 bits per heavy atom. The number of likely N-dealkylation sites (N-methyl/N-ethyl adjacent to an activating group) is 1. The van der Waals surface area contributed by atoms with Crippen LogP contribution >= 0.6 is 24.0 Å². The van der Waals surface area contributed by atoms with Crippen LogP contribution in [-0.4, -0.2) is 100 Å². The van der Waals surface area contributed by atoms with Crippen molar-refractivity contribution in [3.05, 3.63) is 29.8 Å². The molecule has 2 aliphatic rings. The molecule has 3 rings (SSSR count). The SMILES string of the molecule is CCN1CCN(CCCCNC(=NC)NCC(c2ccc(OC)cc2)N2CCCC2)CC1.I. The summed E-state index contributed by atoms with van der Waals surface area (Å²) < 4.78 is 5.34. The highest BCUT2D eigenvalue weighted by Gasteiger charge is 2.23. The number of aliphatic imine (C=N–C) groups is 1. The van der Waals surface area contributed by atoms with E-state index in [4.69, 9.17) is 4.74 Å². The molecule has 188 valence electrons. The van der Waals surface area contributed by atoms with E-state index in [0.29, 0.717) is 6.04 Å². The summed E-state index contributed by atoms with van der Waals surface area (Å²) in [6, 6.07) is 8.87. The van der Waals surface area contributed by atoms with Gasteiger partial charge in [0.25, 0.3) is 0 Å². The van der Waals surface area contributed by atoms with Crippen LogP contribution in [0.15, 0.2) is 29.3 Å². The molecule has 33 heavy (non-hydrogen) atoms. The van der Waals surface area contributed by atoms with Crippen LogP contribution in [0.4, 0.5) is 0 Å². The van der Waals surface area contributed by atoms with Crippen molar-refractivity contribution in [1.29, 1.82) is 0 Å². The maximum atomic E-state index is 5.34. The molecule has 0 aliphatic carbocycles. The van der Waals surface area contributed by atoms with Crippen LogP contribution in [0.25, 0.3) is 0 Å². The first-order valence-electron chi connectivity index (χ1n) is 12.5. The van der Waals surface area contributed by atoms with Gasteiger partial charge in [-0.2, -0.15) is 0 Å². The zero-order valence-electron chi connectivity index (χ0n) is 20.9. The van der Waals surface area contributed by atoms with Crippen LogP contribution in [0.3, 0.4) is 0 Å². The Labute approximate surface area is 218 Å². The molecule has 2 N–H and O–H groups in total. The highest BCUT2D eigenvalue weighted by atomic mass is 127. The van der Waals surface area contributed by atoms with Gasteiger partial charge in [0.15, 0.2) is 5.96 Å². The molecular weight excluding hydrogens is 527 g/mol. The average molecular weight is 573 g/mol. The normalized spacial score (nSPS) is 19.2. The number of hydrogen-bond donors (Lipinski definition) is 2. The second-order valence-electron chi connectivity index (χ2n) is 8.89. The molecule has 0 bridgehead atoms. The first-order valence-corrected chi connectivity index (χ1v) is 12.5. The number of nitrogens with zero attached hydrogens (tertiary/aromatic N) is 4. The molecule has 0 amide bonds. The van der Waals surface area contributed by atoms with E-state index in [-0.39, 0.29) is 24.0 Å². The molecule has 1 atom stereocenters. The van der Waals surface area contributed by atoms with Crippen molar-refractivity contribution < 1.29 is 4.74 Å². The van der Waals surface area contributed by atoms with E-state index in [1.54, 1.807) is 7.11 Å². The minimum atomic E-state index is 0. The fraction of sp³-hybridized carbons (Fsp3) is 0.720. The number of nitrogens with one attached hydrogen (secondary N) is 2. The van der Waals surface area contributed by atoms with E-state index >= 15 is 0 Å². The fourth-order valence-electron chi connectivity index (χ4n) is 4.75. The molecule has 1 aromatic carbocycles. The summed E-state index contributed by atoms with van der Waals surface area (Å²) >= 11 is 0. The van der Waals surface area contributed by atoms with Crippen molar-refractivity contribution >= 4 is 29.9 Å². The number of ether oxygens (including phenoxy) is 1. The van der Waals surface area contributed by atoms with Crippen molar-refractivity contribution in [2.75, 3.05) is 79.6 Å². The minimum absolute atomic E-state index is 0. The third-order valence-electron chi connectivity index (χ3n) is 6.87. The Kier molecular flexibility index (Phi) is 13.4. The second kappa shape index (κ2) is 15.7. The Morgan fingerprint density at radius 1 is 0.970 bits per heavy atom. The van der Waals surface area contributed by atoms with Crippen LogP contribution in [0.1, 0.15) is 44.2 Å². The predicted molar refractivity (Wildman–Crippen MR) is 149 cm³/mol. The van der Waals surface area contributed by atoms with Gasteiger partial charge in [0.2, 0.25) is 0 Å². The van der Waals surface area contributed by atoms with Crippen LogP contribution in [0, 0.1) is 0 Å². The number of likely N-dealkylation sites (tertiary alicyclic amines) is 1. The molecule has 7 nitrogen and oxygen atoms in total. The van der Waals surface area contributed by atoms with E-state index in [2.05, 4.69) is 61.5 Å². The van der Waals surface area contributed by atoms with E-state index in [9.17, 15) is 0 Å². The first-order chi connectivity index (χ1) is 15.7. The number of rotatable bonds is 11. The monoisotopic (exact) mass is 572 g/mol. The smallest absolute Gasteiger partial charge is 0.191 e. The minimum Gasteiger partial charge on any atom is -0.497 e. The Balaban J connectivity index is 0.00000385. The topological polar surface area (TPSA) is 55.4 Å². The lowest BCUT2D eigenvalue weighted by Crippen LogP contribution is -2.46. The molecule has 0 radical (unpaired) electrons. The average Bonchev–Trinajstić information content (AvgIpc) is 3.38. The summed E-state index contributed by atoms with van der Waals surface area (Å²) in [6.45, 7) is 13.7. The molecular formula is C25H45IN6O. The molecule has 1 aromatic rings. The van der Waals surface area contributed by atoms with Gasteiger partial charge < -0.3 is 25.2 Å². The summed E-state index contributed by atoms with van der Waals surface area (Å²) in [6.07, 6.45) is 4.97. The van der Waals surface area contributed by atoms with Crippen LogP contribution < -0.4 is 15.4 Å². The number of guanidine groups is 1. The van der Waals surface area contributed by atoms with Crippen molar-refractivity contribution in [1.82, 2.24) is 25.3 Å². The molecule has 2 saturated heterocycles. The van der Waals surface area contributed by atoms with Crippen LogP contribution in [-0.2, 0) is 0 Å². The standard InChI is InChI=1S/C25H44N6O.HI/c1-4-29-17-19-30(20-18-29)14-6-5-13-27-25(26-2)28-21-24(31-15-7-8-16-31)22-9-11-23(32-3)12-10-22;/h9-12,24H,4-8,13-21H2,1-3H3,(H2,26,27,28);1H. The first kappa shape index (κ1) is 28.1. The van der Waals surface area contributed by atoms with Crippen molar-refractivity contribution in [3.8, 4) is 5.75 Å². The maximum absolute atomic E-state index is 5.34. The van der Waals surface area contributed by atoms with Gasteiger partial charge >= 0.3 is 0 Å². The largest absolute Gasteiger partial charge is 0.497 e. The number of hydrogen-bond acceptors (Lipinski definition) is 5. The van der Waals surface area contributed by atoms with Gasteiger partial charge in [0.05, 0.1) is 13.2 Å². The van der Waals surface area contributed by atoms with Gasteiger partial charge in [0.1, 0.15) is 5.75 Å². The zero-order valence-corrected chi connectivity index (χ0v) is 23.2. The van der Waals surface area contributed by atoms with E-state index in [0.717, 1.165) is 37.9 Å². The van der Waals surface area contributed by atoms with Crippen molar-refractivity contribution in [3.63, 3.8) is 0 Å². The Hall–Kier alpha value is -1.10. The molecule has 2 aliphatic heterocycles. The van der Waals surface area contributed by atoms with Gasteiger partial charge in [-0.3, -0.25) is 9.89 Å². The van der Waals surface area contributed by atoms with E-state index in [1.165, 1.54) is 70.5 Å². The number of methoxy groups -OCH3 is 1. The van der Waals surface area contributed by atoms with Crippen LogP contribution in [0.2, 0.25) is 0 Å². The summed E-state index contributed by atoms with van der Waals surface area (Å²) in [7, 11) is 3.58. The fourth-order valence-corrected chi connectivity index (χ4v) is 4.75. The molecule has 0 aromatic heterocycles. The lowest BCUT2D eigenvalue weighted by atomic mass is 10.1. The number of piperazine rings is 1. The number of benzene rings is 1. The van der Waals surface area contributed by atoms with Crippen molar-refractivity contribution in [2.24, 2.45) is 4.99 Å². The molecule has 2 fully saturated rings. The molecule has 1 unspecified atom stereocenters. The summed E-state index contributed by atoms with van der Waals surface area (Å²) in [5.74, 6) is 1.81. The number of unbranched alkanes of at least 4 members (excludes halogenated alkanes) is 1. The summed E-state index contributed by atoms with van der Waals surface area (Å²) in [4.78, 5) is 12.2. The maximum Gasteiger partial charge on any atom is 0.191 e. The molecule has 8 heteroatoms. The van der Waals surface area contributed by atoms with Gasteiger partial charge in [-0.05, 0) is 69.6 Å². The summed E-state index contributed by atoms with van der Waals surface area (Å²) in [5, 5.41) is 7.09. The Morgan fingerprint density at radius 3 is 2.24 bits per heavy atom. The predicted octanol–water partition coefficient (Wildman–Crippen LogP) is 3.03. The summed E-state index contributed by atoms with van der Waals surface area (Å²) in [5.41, 5.74) is 1.33. The molecule has 0 saturated carbocycles.